The molecule has 0 spiro atoms. The van der Waals surface area contributed by atoms with Gasteiger partial charge in [-0.2, -0.15) is 4.39 Å². The number of halogens is 1. The summed E-state index contributed by atoms with van der Waals surface area (Å²) in [6.07, 6.45) is 0.918. The lowest BCUT2D eigenvalue weighted by molar-refractivity contribution is -0.387. The zero-order valence-electron chi connectivity index (χ0n) is 22.2. The van der Waals surface area contributed by atoms with Gasteiger partial charge in [-0.05, 0) is 64.1 Å². The molecule has 0 saturated carbocycles. The number of nitrogens with one attached hydrogen (secondary N) is 3. The summed E-state index contributed by atoms with van der Waals surface area (Å²) in [5.41, 5.74) is 6.81. The Morgan fingerprint density at radius 1 is 1.13 bits per heavy atom. The molecule has 0 fully saturated rings. The van der Waals surface area contributed by atoms with E-state index in [0.717, 1.165) is 18.2 Å². The highest BCUT2D eigenvalue weighted by atomic mass is 19.1. The van der Waals surface area contributed by atoms with Crippen LogP contribution in [-0.2, 0) is 14.3 Å². The summed E-state index contributed by atoms with van der Waals surface area (Å²) in [6.45, 7) is 5.55. The molecule has 0 heterocycles. The highest BCUT2D eigenvalue weighted by molar-refractivity contribution is 5.95. The van der Waals surface area contributed by atoms with Gasteiger partial charge in [-0.3, -0.25) is 24.5 Å². The summed E-state index contributed by atoms with van der Waals surface area (Å²) < 4.78 is 18.6. The summed E-state index contributed by atoms with van der Waals surface area (Å²) in [5, 5.41) is 21.9. The van der Waals surface area contributed by atoms with Crippen molar-refractivity contribution in [3.05, 3.63) is 50.1 Å². The van der Waals surface area contributed by atoms with E-state index >= 15 is 0 Å². The van der Waals surface area contributed by atoms with Crippen LogP contribution in [0.25, 0.3) is 10.4 Å². The molecule has 214 valence electrons. The number of rotatable bonds is 16. The average molecular weight is 552 g/mol. The van der Waals surface area contributed by atoms with Crippen LogP contribution in [0, 0.1) is 15.9 Å². The summed E-state index contributed by atoms with van der Waals surface area (Å²) in [5.74, 6) is -2.46. The van der Waals surface area contributed by atoms with Gasteiger partial charge in [0.15, 0.2) is 5.78 Å². The highest BCUT2D eigenvalue weighted by Gasteiger charge is 2.21. The monoisotopic (exact) mass is 551 g/mol. The number of carbonyl (C=O) groups is 4. The predicted octanol–water partition coefficient (Wildman–Crippen LogP) is 3.69. The van der Waals surface area contributed by atoms with Gasteiger partial charge in [-0.25, -0.2) is 4.79 Å². The number of alkyl carbamates (subject to hydrolysis) is 1. The molecule has 0 bridgehead atoms. The Labute approximate surface area is 224 Å². The molecule has 1 rings (SSSR count). The third-order valence-electron chi connectivity index (χ3n) is 5.10. The fourth-order valence-electron chi connectivity index (χ4n) is 3.29. The van der Waals surface area contributed by atoms with Gasteiger partial charge in [-0.1, -0.05) is 5.11 Å². The number of Topliss-reactive ketones (excluding diaryl/α,β-unsaturated/α-hetero) is 1. The van der Waals surface area contributed by atoms with E-state index in [-0.39, 0.29) is 43.7 Å². The molecule has 3 amide bonds. The summed E-state index contributed by atoms with van der Waals surface area (Å²) >= 11 is 0. The van der Waals surface area contributed by atoms with Crippen molar-refractivity contribution in [1.29, 1.82) is 0 Å². The van der Waals surface area contributed by atoms with Crippen LogP contribution in [0.15, 0.2) is 23.3 Å². The van der Waals surface area contributed by atoms with Crippen molar-refractivity contribution in [2.75, 3.05) is 19.6 Å². The van der Waals surface area contributed by atoms with E-state index in [1.165, 1.54) is 0 Å². The quantitative estimate of drug-likeness (QED) is 0.0692. The molecule has 0 aliphatic rings. The minimum absolute atomic E-state index is 0.0152. The van der Waals surface area contributed by atoms with Crippen LogP contribution in [0.3, 0.4) is 0 Å². The molecule has 14 nitrogen and oxygen atoms in total. The van der Waals surface area contributed by atoms with E-state index in [4.69, 9.17) is 10.3 Å². The first-order valence-corrected chi connectivity index (χ1v) is 12.4. The zero-order valence-corrected chi connectivity index (χ0v) is 22.2. The number of carbonyl (C=O) groups excluding carboxylic acids is 4. The van der Waals surface area contributed by atoms with Crippen LogP contribution in [0.4, 0.5) is 14.9 Å². The SMILES string of the molecule is CC(C)(C)OC(=O)NCCCC[C@H](NC(=O)CCN=[N+]=[N-])C(=O)CCCNC(=O)c1ccc(F)c([N+](=O)[O-])c1. The van der Waals surface area contributed by atoms with Crippen LogP contribution in [-0.4, -0.2) is 59.9 Å². The number of hydrogen-bond donors (Lipinski definition) is 3. The number of hydrogen-bond acceptors (Lipinski definition) is 8. The molecule has 15 heteroatoms. The van der Waals surface area contributed by atoms with Crippen LogP contribution in [0.5, 0.6) is 0 Å². The second-order valence-electron chi connectivity index (χ2n) is 9.50. The molecule has 1 aromatic rings. The standard InChI is InChI=1S/C24H34FN7O7/c1-24(2,3)39-23(36)28-12-5-4-7-18(30-21(34)11-14-29-31-26)20(33)8-6-13-27-22(35)16-9-10-17(25)19(15-16)32(37)38/h9-10,15,18H,4-8,11-14H2,1-3H3,(H,27,35)(H,28,36)(H,30,34)/t18-/m0/s1. The number of amides is 3. The molecule has 0 aliphatic carbocycles. The van der Waals surface area contributed by atoms with Crippen LogP contribution in [0.2, 0.25) is 0 Å². The fraction of sp³-hybridized carbons (Fsp3) is 0.583. The van der Waals surface area contributed by atoms with E-state index < -0.39 is 46.0 Å². The van der Waals surface area contributed by atoms with E-state index in [0.29, 0.717) is 25.8 Å². The highest BCUT2D eigenvalue weighted by Crippen LogP contribution is 2.18. The van der Waals surface area contributed by atoms with Gasteiger partial charge in [0.2, 0.25) is 11.7 Å². The molecule has 0 unspecified atom stereocenters. The Balaban J connectivity index is 2.58. The summed E-state index contributed by atoms with van der Waals surface area (Å²) in [6, 6.07) is 1.95. The largest absolute Gasteiger partial charge is 0.444 e. The fourth-order valence-corrected chi connectivity index (χ4v) is 3.29. The van der Waals surface area contributed by atoms with Gasteiger partial charge < -0.3 is 20.7 Å². The zero-order chi connectivity index (χ0) is 29.4. The van der Waals surface area contributed by atoms with Gasteiger partial charge in [0.25, 0.3) is 5.91 Å². The average Bonchev–Trinajstić information content (AvgIpc) is 2.84. The predicted molar refractivity (Wildman–Crippen MR) is 138 cm³/mol. The topological polar surface area (TPSA) is 206 Å². The maximum Gasteiger partial charge on any atom is 0.407 e. The number of unbranched alkanes of at least 4 members (excludes halogenated alkanes) is 1. The van der Waals surface area contributed by atoms with Gasteiger partial charge in [0.05, 0.1) is 11.0 Å². The van der Waals surface area contributed by atoms with E-state index in [2.05, 4.69) is 26.0 Å². The number of azide groups is 1. The third-order valence-corrected chi connectivity index (χ3v) is 5.10. The van der Waals surface area contributed by atoms with E-state index in [1.807, 2.05) is 0 Å². The Morgan fingerprint density at radius 3 is 2.46 bits per heavy atom. The van der Waals surface area contributed by atoms with Crippen LogP contribution < -0.4 is 16.0 Å². The Bertz CT molecular complexity index is 1090. The molecule has 0 saturated heterocycles. The number of nitro groups is 1. The summed E-state index contributed by atoms with van der Waals surface area (Å²) in [4.78, 5) is 61.4. The van der Waals surface area contributed by atoms with Crippen molar-refractivity contribution in [1.82, 2.24) is 16.0 Å². The Morgan fingerprint density at radius 2 is 1.82 bits per heavy atom. The lowest BCUT2D eigenvalue weighted by Gasteiger charge is -2.20. The Kier molecular flexibility index (Phi) is 13.9. The smallest absolute Gasteiger partial charge is 0.407 e. The van der Waals surface area contributed by atoms with Crippen molar-refractivity contribution in [3.8, 4) is 0 Å². The van der Waals surface area contributed by atoms with Crippen LogP contribution >= 0.6 is 0 Å². The van der Waals surface area contributed by atoms with Crippen molar-refractivity contribution in [2.45, 2.75) is 70.9 Å². The second-order valence-corrected chi connectivity index (χ2v) is 9.50. The van der Waals surface area contributed by atoms with Gasteiger partial charge in [0.1, 0.15) is 5.60 Å². The van der Waals surface area contributed by atoms with Gasteiger partial charge >= 0.3 is 11.8 Å². The molecule has 0 radical (unpaired) electrons. The van der Waals surface area contributed by atoms with Crippen molar-refractivity contribution in [2.24, 2.45) is 5.11 Å². The molecule has 1 atom stereocenters. The van der Waals surface area contributed by atoms with E-state index in [1.54, 1.807) is 20.8 Å². The van der Waals surface area contributed by atoms with Gasteiger partial charge in [0, 0.05) is 49.0 Å². The maximum absolute atomic E-state index is 13.5. The molecule has 0 aliphatic heterocycles. The lowest BCUT2D eigenvalue weighted by Crippen LogP contribution is -2.41. The van der Waals surface area contributed by atoms with Crippen molar-refractivity contribution in [3.63, 3.8) is 0 Å². The molecular formula is C24H34FN7O7. The molecule has 39 heavy (non-hydrogen) atoms. The Hall–Kier alpha value is -4.26. The van der Waals surface area contributed by atoms with Crippen molar-refractivity contribution >= 4 is 29.4 Å². The molecule has 0 aromatic heterocycles. The van der Waals surface area contributed by atoms with Gasteiger partial charge in [-0.15, -0.1) is 0 Å². The minimum Gasteiger partial charge on any atom is -0.444 e. The first-order valence-electron chi connectivity index (χ1n) is 12.4. The van der Waals surface area contributed by atoms with Crippen molar-refractivity contribution < 1.29 is 33.2 Å². The first-order chi connectivity index (χ1) is 18.3. The van der Waals surface area contributed by atoms with E-state index in [9.17, 15) is 33.7 Å². The number of ether oxygens (including phenoxy) is 1. The molecule has 3 N–H and O–H groups in total. The molecule has 1 aromatic carbocycles. The number of benzene rings is 1. The first kappa shape index (κ1) is 32.8. The van der Waals surface area contributed by atoms with Crippen LogP contribution in [0.1, 0.15) is 69.7 Å². The normalized spacial score (nSPS) is 11.5. The molecular weight excluding hydrogens is 517 g/mol. The number of nitrogens with zero attached hydrogens (tertiary/aromatic N) is 4. The summed E-state index contributed by atoms with van der Waals surface area (Å²) in [7, 11) is 0. The lowest BCUT2D eigenvalue weighted by atomic mass is 10.0. The number of nitro benzene ring substituents is 1. The third kappa shape index (κ3) is 13.7. The maximum atomic E-state index is 13.5. The minimum atomic E-state index is -1.06. The number of ketones is 1. The second kappa shape index (κ2) is 16.6.